The third-order valence-electron chi connectivity index (χ3n) is 4.37. The van der Waals surface area contributed by atoms with E-state index in [0.717, 1.165) is 24.4 Å². The molecule has 2 nitrogen and oxygen atoms in total. The largest absolute Gasteiger partial charge is 0.488 e. The summed E-state index contributed by atoms with van der Waals surface area (Å²) in [6.07, 6.45) is 0.696. The molecule has 1 unspecified atom stereocenters. The van der Waals surface area contributed by atoms with Crippen molar-refractivity contribution in [2.45, 2.75) is 51.7 Å². The predicted octanol–water partition coefficient (Wildman–Crippen LogP) is 4.10. The SMILES string of the molecule is CC(C)(C)Oc1cccc(CN2CCC3(C2)CC3(F)F)c1. The predicted molar refractivity (Wildman–Crippen MR) is 78.7 cm³/mol. The number of nitrogens with zero attached hydrogens (tertiary/aromatic N) is 1. The van der Waals surface area contributed by atoms with Crippen LogP contribution in [-0.2, 0) is 6.54 Å². The Bertz CT molecular complexity index is 538. The van der Waals surface area contributed by atoms with Crippen LogP contribution in [0.4, 0.5) is 8.78 Å². The zero-order valence-corrected chi connectivity index (χ0v) is 13.0. The van der Waals surface area contributed by atoms with Gasteiger partial charge in [0.25, 0.3) is 5.92 Å². The van der Waals surface area contributed by atoms with E-state index in [2.05, 4.69) is 4.90 Å². The number of ether oxygens (including phenoxy) is 1. The van der Waals surface area contributed by atoms with Gasteiger partial charge in [-0.25, -0.2) is 8.78 Å². The van der Waals surface area contributed by atoms with Gasteiger partial charge in [-0.2, -0.15) is 0 Å². The van der Waals surface area contributed by atoms with Crippen molar-refractivity contribution < 1.29 is 13.5 Å². The highest BCUT2D eigenvalue weighted by molar-refractivity contribution is 5.29. The van der Waals surface area contributed by atoms with Crippen LogP contribution in [-0.4, -0.2) is 29.5 Å². The molecule has 3 rings (SSSR count). The van der Waals surface area contributed by atoms with Crippen LogP contribution in [0, 0.1) is 5.41 Å². The van der Waals surface area contributed by atoms with Gasteiger partial charge in [0, 0.05) is 19.5 Å². The maximum Gasteiger partial charge on any atom is 0.255 e. The van der Waals surface area contributed by atoms with Crippen LogP contribution >= 0.6 is 0 Å². The van der Waals surface area contributed by atoms with Crippen LogP contribution in [0.15, 0.2) is 24.3 Å². The molecule has 0 aromatic heterocycles. The number of halogens is 2. The summed E-state index contributed by atoms with van der Waals surface area (Å²) in [6, 6.07) is 7.95. The van der Waals surface area contributed by atoms with E-state index in [1.165, 1.54) is 0 Å². The van der Waals surface area contributed by atoms with Gasteiger partial charge in [-0.15, -0.1) is 0 Å². The zero-order valence-electron chi connectivity index (χ0n) is 13.0. The van der Waals surface area contributed by atoms with Gasteiger partial charge >= 0.3 is 0 Å². The lowest BCUT2D eigenvalue weighted by Gasteiger charge is -2.22. The van der Waals surface area contributed by atoms with E-state index in [1.807, 2.05) is 45.0 Å². The first-order valence-electron chi connectivity index (χ1n) is 7.57. The molecule has 1 saturated carbocycles. The van der Waals surface area contributed by atoms with Crippen LogP contribution in [0.1, 0.15) is 39.2 Å². The van der Waals surface area contributed by atoms with Crippen molar-refractivity contribution in [3.8, 4) is 5.75 Å². The Labute approximate surface area is 125 Å². The Balaban J connectivity index is 1.63. The van der Waals surface area contributed by atoms with Crippen LogP contribution in [0.3, 0.4) is 0 Å². The fraction of sp³-hybridized carbons (Fsp3) is 0.647. The van der Waals surface area contributed by atoms with Gasteiger partial charge in [0.2, 0.25) is 0 Å². The van der Waals surface area contributed by atoms with Crippen molar-refractivity contribution in [3.05, 3.63) is 29.8 Å². The average Bonchev–Trinajstić information content (AvgIpc) is 2.65. The Morgan fingerprint density at radius 3 is 2.57 bits per heavy atom. The fourth-order valence-corrected chi connectivity index (χ4v) is 3.24. The van der Waals surface area contributed by atoms with Gasteiger partial charge in [-0.05, 0) is 51.4 Å². The molecule has 1 heterocycles. The number of rotatable bonds is 3. The van der Waals surface area contributed by atoms with E-state index < -0.39 is 11.3 Å². The van der Waals surface area contributed by atoms with Crippen LogP contribution < -0.4 is 4.74 Å². The molecule has 21 heavy (non-hydrogen) atoms. The molecular formula is C17H23F2NO. The second-order valence-electron chi connectivity index (χ2n) is 7.48. The van der Waals surface area contributed by atoms with E-state index in [9.17, 15) is 8.78 Å². The minimum absolute atomic E-state index is 0.0731. The van der Waals surface area contributed by atoms with Crippen molar-refractivity contribution >= 4 is 0 Å². The summed E-state index contributed by atoms with van der Waals surface area (Å²) in [5.41, 5.74) is 0.177. The van der Waals surface area contributed by atoms with Crippen LogP contribution in [0.25, 0.3) is 0 Å². The lowest BCUT2D eigenvalue weighted by molar-refractivity contribution is 0.0659. The Morgan fingerprint density at radius 1 is 1.29 bits per heavy atom. The number of alkyl halides is 2. The summed E-state index contributed by atoms with van der Waals surface area (Å²) >= 11 is 0. The molecule has 0 radical (unpaired) electrons. The molecule has 0 amide bonds. The molecule has 1 aromatic carbocycles. The minimum atomic E-state index is -2.43. The normalized spacial score (nSPS) is 28.0. The number of benzene rings is 1. The van der Waals surface area contributed by atoms with E-state index in [0.29, 0.717) is 13.0 Å². The van der Waals surface area contributed by atoms with Crippen LogP contribution in [0.2, 0.25) is 0 Å². The van der Waals surface area contributed by atoms with E-state index in [-0.39, 0.29) is 12.0 Å². The first-order valence-corrected chi connectivity index (χ1v) is 7.57. The lowest BCUT2D eigenvalue weighted by Crippen LogP contribution is -2.24. The molecule has 2 aliphatic rings. The molecule has 0 bridgehead atoms. The Morgan fingerprint density at radius 2 is 2.00 bits per heavy atom. The second kappa shape index (κ2) is 4.67. The maximum absolute atomic E-state index is 13.4. The number of likely N-dealkylation sites (tertiary alicyclic amines) is 1. The first kappa shape index (κ1) is 14.8. The van der Waals surface area contributed by atoms with E-state index in [4.69, 9.17) is 4.74 Å². The molecule has 1 aromatic rings. The highest BCUT2D eigenvalue weighted by Crippen LogP contribution is 2.65. The molecule has 1 aliphatic carbocycles. The first-order chi connectivity index (χ1) is 9.69. The summed E-state index contributed by atoms with van der Waals surface area (Å²) in [4.78, 5) is 2.14. The summed E-state index contributed by atoms with van der Waals surface area (Å²) in [7, 11) is 0. The molecule has 1 atom stereocenters. The van der Waals surface area contributed by atoms with Gasteiger partial charge in [0.1, 0.15) is 11.4 Å². The van der Waals surface area contributed by atoms with Crippen molar-refractivity contribution in [3.63, 3.8) is 0 Å². The maximum atomic E-state index is 13.4. The molecule has 0 N–H and O–H groups in total. The summed E-state index contributed by atoms with van der Waals surface area (Å²) in [6.45, 7) is 8.04. The van der Waals surface area contributed by atoms with Gasteiger partial charge in [-0.1, -0.05) is 12.1 Å². The zero-order chi connectivity index (χ0) is 15.3. The number of hydrogen-bond acceptors (Lipinski definition) is 2. The van der Waals surface area contributed by atoms with E-state index >= 15 is 0 Å². The third kappa shape index (κ3) is 3.05. The van der Waals surface area contributed by atoms with Gasteiger partial charge in [-0.3, -0.25) is 4.90 Å². The highest BCUT2D eigenvalue weighted by Gasteiger charge is 2.72. The quantitative estimate of drug-likeness (QED) is 0.832. The highest BCUT2D eigenvalue weighted by atomic mass is 19.3. The smallest absolute Gasteiger partial charge is 0.255 e. The third-order valence-corrected chi connectivity index (χ3v) is 4.37. The van der Waals surface area contributed by atoms with Crippen LogP contribution in [0.5, 0.6) is 5.75 Å². The Kier molecular flexibility index (Phi) is 3.28. The van der Waals surface area contributed by atoms with Crippen molar-refractivity contribution in [1.82, 2.24) is 4.90 Å². The lowest BCUT2D eigenvalue weighted by atomic mass is 10.1. The molecular weight excluding hydrogens is 272 g/mol. The topological polar surface area (TPSA) is 12.5 Å². The van der Waals surface area contributed by atoms with Gasteiger partial charge < -0.3 is 4.74 Å². The summed E-state index contributed by atoms with van der Waals surface area (Å²) < 4.78 is 32.7. The Hall–Kier alpha value is -1.16. The van der Waals surface area contributed by atoms with Gasteiger partial charge in [0.15, 0.2) is 0 Å². The number of hydrogen-bond donors (Lipinski definition) is 0. The standard InChI is InChI=1S/C17H23F2NO/c1-15(2,3)21-14-6-4-5-13(9-14)10-20-8-7-16(12-20)11-17(16,18)19/h4-6,9H,7-8,10-12H2,1-3H3. The monoisotopic (exact) mass is 295 g/mol. The molecule has 1 saturated heterocycles. The molecule has 1 aliphatic heterocycles. The fourth-order valence-electron chi connectivity index (χ4n) is 3.24. The second-order valence-corrected chi connectivity index (χ2v) is 7.48. The molecule has 116 valence electrons. The summed E-state index contributed by atoms with van der Waals surface area (Å²) in [5, 5.41) is 0. The summed E-state index contributed by atoms with van der Waals surface area (Å²) in [5.74, 6) is -1.59. The van der Waals surface area contributed by atoms with Crippen molar-refractivity contribution in [1.29, 1.82) is 0 Å². The minimum Gasteiger partial charge on any atom is -0.488 e. The van der Waals surface area contributed by atoms with Crippen molar-refractivity contribution in [2.75, 3.05) is 13.1 Å². The average molecular weight is 295 g/mol. The van der Waals surface area contributed by atoms with E-state index in [1.54, 1.807) is 0 Å². The molecule has 1 spiro atoms. The molecule has 4 heteroatoms. The molecule has 2 fully saturated rings. The van der Waals surface area contributed by atoms with Crippen molar-refractivity contribution in [2.24, 2.45) is 5.41 Å². The van der Waals surface area contributed by atoms with Gasteiger partial charge in [0.05, 0.1) is 5.41 Å².